The Morgan fingerprint density at radius 1 is 1.05 bits per heavy atom. The maximum absolute atomic E-state index is 14.7. The number of rotatable bonds is 9. The van der Waals surface area contributed by atoms with Crippen LogP contribution in [0.25, 0.3) is 0 Å². The molecule has 0 aromatic heterocycles. The van der Waals surface area contributed by atoms with E-state index in [2.05, 4.69) is 4.90 Å². The van der Waals surface area contributed by atoms with Crippen molar-refractivity contribution in [1.82, 2.24) is 14.7 Å². The number of ether oxygens (including phenoxy) is 2. The predicted molar refractivity (Wildman–Crippen MR) is 154 cm³/mol. The summed E-state index contributed by atoms with van der Waals surface area (Å²) in [6, 6.07) is 18.2. The van der Waals surface area contributed by atoms with Crippen LogP contribution in [-0.4, -0.2) is 98.4 Å². The number of nitrogens with zero attached hydrogens (tertiary/aromatic N) is 3. The first-order chi connectivity index (χ1) is 19.3. The van der Waals surface area contributed by atoms with E-state index in [1.807, 2.05) is 79.4 Å². The van der Waals surface area contributed by atoms with Gasteiger partial charge in [0.1, 0.15) is 12.6 Å². The third-order valence-electron chi connectivity index (χ3n) is 8.51. The molecule has 3 aliphatic heterocycles. The number of hydrogen-bond donors (Lipinski definition) is 1. The van der Waals surface area contributed by atoms with Crippen molar-refractivity contribution < 1.29 is 29.0 Å². The molecule has 0 saturated carbocycles. The van der Waals surface area contributed by atoms with Gasteiger partial charge in [-0.25, -0.2) is 4.79 Å². The molecule has 216 valence electrons. The van der Waals surface area contributed by atoms with Crippen LogP contribution >= 0.6 is 10.0 Å². The van der Waals surface area contributed by atoms with E-state index in [0.29, 0.717) is 32.8 Å². The average Bonchev–Trinajstić information content (AvgIpc) is 3.14. The standard InChI is InChI=1S/C30H39N3O6S/c1-30(2)27(28(36)39-21-24-11-7-4-8-12-24)33-25(35)19-26(33)40(30,22-34)29(37)32(20-23-9-5-3-6-10-23)14-13-31-15-17-38-18-16-31/h3-12,26-27,34H,13-22H2,1-2H3/t26-,27+/m1/s1. The Morgan fingerprint density at radius 2 is 1.68 bits per heavy atom. The minimum absolute atomic E-state index is 0.0774. The molecule has 3 aliphatic rings. The van der Waals surface area contributed by atoms with Crippen LogP contribution in [0.3, 0.4) is 0 Å². The quantitative estimate of drug-likeness (QED) is 0.366. The van der Waals surface area contributed by atoms with E-state index < -0.39 is 38.1 Å². The van der Waals surface area contributed by atoms with E-state index in [0.717, 1.165) is 24.2 Å². The lowest BCUT2D eigenvalue weighted by Crippen LogP contribution is -2.57. The lowest BCUT2D eigenvalue weighted by molar-refractivity contribution is -0.162. The number of fused-ring (bicyclic) bond motifs is 1. The first-order valence-corrected chi connectivity index (χ1v) is 15.7. The SMILES string of the molecule is CC1(C)[C@H](C(=O)OCc2ccccc2)N2C(=O)C[C@H]2[S@@]1(CO)C(=O)N(CCN1CCOCC1)Cc1ccccc1. The number of β-lactam (4-membered cyclic amide) rings is 1. The van der Waals surface area contributed by atoms with Gasteiger partial charge < -0.3 is 24.4 Å². The predicted octanol–water partition coefficient (Wildman–Crippen LogP) is 3.16. The van der Waals surface area contributed by atoms with Gasteiger partial charge in [-0.05, 0) is 25.0 Å². The molecule has 40 heavy (non-hydrogen) atoms. The normalized spacial score (nSPS) is 25.7. The molecule has 0 radical (unpaired) electrons. The summed E-state index contributed by atoms with van der Waals surface area (Å²) in [7, 11) is -2.58. The molecular formula is C30H39N3O6S. The fourth-order valence-electron chi connectivity index (χ4n) is 6.14. The van der Waals surface area contributed by atoms with Gasteiger partial charge in [-0.15, -0.1) is 10.0 Å². The van der Waals surface area contributed by atoms with Gasteiger partial charge in [0, 0.05) is 37.5 Å². The molecule has 3 heterocycles. The highest BCUT2D eigenvalue weighted by atomic mass is 32.3. The molecule has 0 spiro atoms. The van der Waals surface area contributed by atoms with Gasteiger partial charge in [-0.2, -0.15) is 0 Å². The zero-order valence-electron chi connectivity index (χ0n) is 23.2. The van der Waals surface area contributed by atoms with Crippen LogP contribution in [0.2, 0.25) is 0 Å². The topological polar surface area (TPSA) is 99.6 Å². The summed E-state index contributed by atoms with van der Waals surface area (Å²) >= 11 is 0. The molecular weight excluding hydrogens is 530 g/mol. The van der Waals surface area contributed by atoms with E-state index in [9.17, 15) is 19.5 Å². The van der Waals surface area contributed by atoms with Crippen LogP contribution in [0.15, 0.2) is 60.7 Å². The fourth-order valence-corrected chi connectivity index (χ4v) is 10.4. The lowest BCUT2D eigenvalue weighted by atomic mass is 9.98. The number of aliphatic hydroxyl groups excluding tert-OH is 1. The lowest BCUT2D eigenvalue weighted by Gasteiger charge is -2.51. The summed E-state index contributed by atoms with van der Waals surface area (Å²) < 4.78 is 10.2. The van der Waals surface area contributed by atoms with Crippen molar-refractivity contribution in [3.05, 3.63) is 71.8 Å². The van der Waals surface area contributed by atoms with Gasteiger partial charge in [-0.3, -0.25) is 14.5 Å². The van der Waals surface area contributed by atoms with E-state index in [1.165, 1.54) is 4.90 Å². The van der Waals surface area contributed by atoms with Gasteiger partial charge in [0.15, 0.2) is 0 Å². The van der Waals surface area contributed by atoms with Gasteiger partial charge >= 0.3 is 5.97 Å². The van der Waals surface area contributed by atoms with Crippen molar-refractivity contribution in [1.29, 1.82) is 0 Å². The monoisotopic (exact) mass is 569 g/mol. The summed E-state index contributed by atoms with van der Waals surface area (Å²) in [5, 5.41) is 10.4. The Kier molecular flexibility index (Phi) is 8.51. The maximum atomic E-state index is 14.7. The summed E-state index contributed by atoms with van der Waals surface area (Å²) in [5.74, 6) is -1.11. The number of carbonyl (C=O) groups is 3. The number of carbonyl (C=O) groups excluding carboxylic acids is 3. The highest BCUT2D eigenvalue weighted by Crippen LogP contribution is 2.74. The Bertz CT molecular complexity index is 1210. The number of hydrogen-bond acceptors (Lipinski definition) is 7. The summed E-state index contributed by atoms with van der Waals surface area (Å²) in [4.78, 5) is 46.8. The number of morpholine rings is 1. The van der Waals surface area contributed by atoms with Crippen molar-refractivity contribution in [3.63, 3.8) is 0 Å². The molecule has 2 aromatic carbocycles. The fraction of sp³-hybridized carbons (Fsp3) is 0.500. The van der Waals surface area contributed by atoms with Crippen molar-refractivity contribution in [3.8, 4) is 0 Å². The summed E-state index contributed by atoms with van der Waals surface area (Å²) in [6.45, 7) is 8.25. The first kappa shape index (κ1) is 28.6. The molecule has 0 unspecified atom stereocenters. The van der Waals surface area contributed by atoms with Gasteiger partial charge in [0.25, 0.3) is 5.24 Å². The molecule has 2 amide bonds. The van der Waals surface area contributed by atoms with Crippen LogP contribution in [0.5, 0.6) is 0 Å². The van der Waals surface area contributed by atoms with Crippen molar-refractivity contribution in [2.24, 2.45) is 0 Å². The van der Waals surface area contributed by atoms with Gasteiger partial charge in [-0.1, -0.05) is 60.7 Å². The Hall–Kier alpha value is -2.92. The molecule has 5 rings (SSSR count). The average molecular weight is 570 g/mol. The highest BCUT2D eigenvalue weighted by Gasteiger charge is 2.72. The second-order valence-corrected chi connectivity index (χ2v) is 14.9. The molecule has 3 saturated heterocycles. The molecule has 0 aliphatic carbocycles. The zero-order chi connectivity index (χ0) is 28.3. The van der Waals surface area contributed by atoms with Crippen molar-refractivity contribution >= 4 is 27.1 Å². The van der Waals surface area contributed by atoms with Crippen LogP contribution in [0.1, 0.15) is 31.4 Å². The number of aliphatic hydroxyl groups is 1. The summed E-state index contributed by atoms with van der Waals surface area (Å²) in [5.41, 5.74) is 1.83. The summed E-state index contributed by atoms with van der Waals surface area (Å²) in [6.07, 6.45) is 0.149. The van der Waals surface area contributed by atoms with Crippen LogP contribution in [-0.2, 0) is 32.2 Å². The molecule has 9 nitrogen and oxygen atoms in total. The number of amides is 2. The van der Waals surface area contributed by atoms with E-state index in [1.54, 1.807) is 0 Å². The zero-order valence-corrected chi connectivity index (χ0v) is 24.1. The Balaban J connectivity index is 1.43. The van der Waals surface area contributed by atoms with Gasteiger partial charge in [0.2, 0.25) is 5.91 Å². The van der Waals surface area contributed by atoms with E-state index in [4.69, 9.17) is 9.47 Å². The minimum atomic E-state index is -2.58. The molecule has 2 aromatic rings. The first-order valence-electron chi connectivity index (χ1n) is 13.8. The molecule has 3 atom stereocenters. The Morgan fingerprint density at radius 3 is 2.27 bits per heavy atom. The number of esters is 1. The van der Waals surface area contributed by atoms with Crippen LogP contribution in [0.4, 0.5) is 4.79 Å². The number of benzene rings is 2. The largest absolute Gasteiger partial charge is 0.459 e. The van der Waals surface area contributed by atoms with E-state index in [-0.39, 0.29) is 24.2 Å². The minimum Gasteiger partial charge on any atom is -0.459 e. The van der Waals surface area contributed by atoms with Crippen molar-refractivity contribution in [2.45, 2.75) is 49.6 Å². The molecule has 3 fully saturated rings. The molecule has 10 heteroatoms. The molecule has 1 N–H and O–H groups in total. The Labute approximate surface area is 237 Å². The second kappa shape index (κ2) is 11.9. The van der Waals surface area contributed by atoms with E-state index >= 15 is 0 Å². The third kappa shape index (κ3) is 5.13. The maximum Gasteiger partial charge on any atom is 0.330 e. The van der Waals surface area contributed by atoms with Crippen LogP contribution < -0.4 is 0 Å². The third-order valence-corrected chi connectivity index (χ3v) is 13.2. The highest BCUT2D eigenvalue weighted by molar-refractivity contribution is 8.46. The smallest absolute Gasteiger partial charge is 0.330 e. The van der Waals surface area contributed by atoms with Gasteiger partial charge in [0.05, 0.1) is 30.9 Å². The second-order valence-electron chi connectivity index (χ2n) is 11.1. The molecule has 0 bridgehead atoms. The van der Waals surface area contributed by atoms with Crippen molar-refractivity contribution in [2.75, 3.05) is 45.3 Å². The van der Waals surface area contributed by atoms with Crippen LogP contribution in [0, 0.1) is 0 Å².